The topological polar surface area (TPSA) is 148 Å². The molecule has 0 bridgehead atoms. The molecule has 0 aliphatic heterocycles. The van der Waals surface area contributed by atoms with Crippen molar-refractivity contribution in [1.29, 1.82) is 0 Å². The SMILES string of the molecule is CNCC#Cc1ccc(OCCCc2sc(N(CCCCC[N+](C)(C)CCCO)c3cc(C)c(Nc4nc5ccccc5s4)nn3)nc2C(=O)[O-])c(F)c1. The number of para-hydroxylation sites is 1. The van der Waals surface area contributed by atoms with Crippen molar-refractivity contribution in [3.8, 4) is 17.6 Å². The van der Waals surface area contributed by atoms with E-state index in [1.807, 2.05) is 42.2 Å². The average Bonchev–Trinajstić information content (AvgIpc) is 3.76. The summed E-state index contributed by atoms with van der Waals surface area (Å²) < 4.78 is 22.3. The number of benzene rings is 2. The van der Waals surface area contributed by atoms with Crippen molar-refractivity contribution < 1.29 is 28.6 Å². The lowest BCUT2D eigenvalue weighted by Gasteiger charge is -2.29. The van der Waals surface area contributed by atoms with Crippen LogP contribution in [0, 0.1) is 24.6 Å². The standard InChI is InChI=1S/C39H47FN8O4S2/c1-27-25-34(45-46-36(27)44-38-42-30-14-6-7-15-32(30)53-38)47(20-8-5-9-21-48(3,4)22-12-23-49)39-43-35(37(50)51)33(54-39)16-11-24-52-31-18-17-28(26-29(31)40)13-10-19-41-2/h6-7,14-15,17-18,25-26,41,49H,5,8-9,11-12,16,19-24H2,1-4H3,(H-,42,44,46,50,51). The van der Waals surface area contributed by atoms with Crippen LogP contribution in [0.1, 0.15) is 58.6 Å². The molecule has 5 aromatic rings. The van der Waals surface area contributed by atoms with E-state index in [1.54, 1.807) is 19.2 Å². The number of aromatic nitrogens is 4. The molecule has 0 aliphatic carbocycles. The molecule has 2 aromatic carbocycles. The minimum atomic E-state index is -1.37. The molecule has 3 N–H and O–H groups in total. The number of unbranched alkanes of at least 4 members (excludes halogenated alkanes) is 2. The van der Waals surface area contributed by atoms with Gasteiger partial charge < -0.3 is 39.8 Å². The van der Waals surface area contributed by atoms with Gasteiger partial charge in [0.1, 0.15) is 5.69 Å². The smallest absolute Gasteiger partial charge is 0.191 e. The molecule has 0 amide bonds. The normalized spacial score (nSPS) is 11.4. The van der Waals surface area contributed by atoms with E-state index >= 15 is 0 Å². The van der Waals surface area contributed by atoms with Gasteiger partial charge in [0, 0.05) is 30.0 Å². The number of thiazole rings is 2. The number of carbonyl (C=O) groups excluding carboxylic acids is 1. The van der Waals surface area contributed by atoms with Crippen LogP contribution >= 0.6 is 22.7 Å². The molecule has 0 radical (unpaired) electrons. The number of fused-ring (bicyclic) bond motifs is 1. The number of aliphatic hydroxyl groups excluding tert-OH is 1. The first kappa shape index (κ1) is 40.5. The Kier molecular flexibility index (Phi) is 14.7. The van der Waals surface area contributed by atoms with Crippen molar-refractivity contribution in [2.24, 2.45) is 0 Å². The predicted octanol–water partition coefficient (Wildman–Crippen LogP) is 5.45. The number of quaternary nitrogens is 1. The summed E-state index contributed by atoms with van der Waals surface area (Å²) in [5.74, 6) is 5.14. The Morgan fingerprint density at radius 2 is 1.85 bits per heavy atom. The average molecular weight is 775 g/mol. The summed E-state index contributed by atoms with van der Waals surface area (Å²) in [5, 5.41) is 38.0. The number of nitrogens with zero attached hydrogens (tertiary/aromatic N) is 6. The molecule has 286 valence electrons. The molecule has 15 heteroatoms. The van der Waals surface area contributed by atoms with E-state index in [1.165, 1.54) is 28.7 Å². The number of hydrogen-bond donors (Lipinski definition) is 3. The number of ether oxygens (including phenoxy) is 1. The largest absolute Gasteiger partial charge is 0.543 e. The maximum atomic E-state index is 14.7. The third kappa shape index (κ3) is 11.4. The van der Waals surface area contributed by atoms with Crippen LogP contribution in [0.5, 0.6) is 5.75 Å². The number of carboxylic acids is 1. The number of hydrogen-bond acceptors (Lipinski definition) is 13. The van der Waals surface area contributed by atoms with Crippen LogP contribution in [0.25, 0.3) is 10.2 Å². The van der Waals surface area contributed by atoms with Crippen LogP contribution < -0.4 is 25.4 Å². The monoisotopic (exact) mass is 774 g/mol. The lowest BCUT2D eigenvalue weighted by Crippen LogP contribution is -2.41. The Labute approximate surface area is 323 Å². The molecule has 0 fully saturated rings. The van der Waals surface area contributed by atoms with E-state index in [-0.39, 0.29) is 24.7 Å². The molecular weight excluding hydrogens is 728 g/mol. The highest BCUT2D eigenvalue weighted by molar-refractivity contribution is 7.22. The third-order valence-electron chi connectivity index (χ3n) is 8.68. The number of carboxylic acid groups (broad SMARTS) is 1. The Bertz CT molecular complexity index is 2040. The van der Waals surface area contributed by atoms with Gasteiger partial charge in [-0.25, -0.2) is 14.4 Å². The van der Waals surface area contributed by atoms with Gasteiger partial charge in [-0.3, -0.25) is 0 Å². The fraction of sp³-hybridized carbons (Fsp3) is 0.410. The number of nitrogens with one attached hydrogen (secondary N) is 2. The van der Waals surface area contributed by atoms with Crippen LogP contribution in [-0.4, -0.2) is 96.3 Å². The zero-order valence-electron chi connectivity index (χ0n) is 31.2. The second kappa shape index (κ2) is 19.6. The summed E-state index contributed by atoms with van der Waals surface area (Å²) in [6.45, 7) is 5.21. The lowest BCUT2D eigenvalue weighted by atomic mass is 10.2. The zero-order valence-corrected chi connectivity index (χ0v) is 32.8. The van der Waals surface area contributed by atoms with Crippen LogP contribution in [0.3, 0.4) is 0 Å². The summed E-state index contributed by atoms with van der Waals surface area (Å²) in [5.41, 5.74) is 2.16. The van der Waals surface area contributed by atoms with Gasteiger partial charge in [0.25, 0.3) is 0 Å². The van der Waals surface area contributed by atoms with E-state index in [9.17, 15) is 19.4 Å². The van der Waals surface area contributed by atoms with Crippen LogP contribution in [-0.2, 0) is 6.42 Å². The molecule has 5 rings (SSSR count). The van der Waals surface area contributed by atoms with E-state index in [4.69, 9.17) is 4.74 Å². The Hall–Kier alpha value is -4.72. The highest BCUT2D eigenvalue weighted by Gasteiger charge is 2.22. The van der Waals surface area contributed by atoms with Crippen molar-refractivity contribution in [2.45, 2.75) is 45.4 Å². The van der Waals surface area contributed by atoms with Gasteiger partial charge in [-0.2, -0.15) is 0 Å². The lowest BCUT2D eigenvalue weighted by molar-refractivity contribution is -0.890. The number of aryl methyl sites for hydroxylation is 2. The highest BCUT2D eigenvalue weighted by atomic mass is 32.1. The molecule has 12 nitrogen and oxygen atoms in total. The van der Waals surface area contributed by atoms with Gasteiger partial charge in [-0.15, -0.1) is 21.5 Å². The van der Waals surface area contributed by atoms with E-state index < -0.39 is 11.8 Å². The minimum Gasteiger partial charge on any atom is -0.543 e. The van der Waals surface area contributed by atoms with Crippen molar-refractivity contribution >= 4 is 60.8 Å². The maximum absolute atomic E-state index is 14.7. The quantitative estimate of drug-likeness (QED) is 0.0527. The van der Waals surface area contributed by atoms with Crippen LogP contribution in [0.4, 0.5) is 26.3 Å². The Morgan fingerprint density at radius 3 is 2.59 bits per heavy atom. The fourth-order valence-corrected chi connectivity index (χ4v) is 7.78. The Morgan fingerprint density at radius 1 is 1.04 bits per heavy atom. The number of aliphatic hydroxyl groups is 1. The van der Waals surface area contributed by atoms with Gasteiger partial charge in [0.2, 0.25) is 0 Å². The molecule has 0 aliphatic rings. The van der Waals surface area contributed by atoms with E-state index in [2.05, 4.69) is 56.7 Å². The fourth-order valence-electron chi connectivity index (χ4n) is 5.79. The minimum absolute atomic E-state index is 0.107. The van der Waals surface area contributed by atoms with Gasteiger partial charge in [0.05, 0.1) is 56.5 Å². The zero-order chi connectivity index (χ0) is 38.5. The first-order valence-corrected chi connectivity index (χ1v) is 19.6. The molecule has 0 unspecified atom stereocenters. The Balaban J connectivity index is 1.30. The second-order valence-electron chi connectivity index (χ2n) is 13.5. The number of aromatic carboxylic acids is 1. The molecule has 3 heterocycles. The van der Waals surface area contributed by atoms with Gasteiger partial charge in [-0.05, 0) is 88.0 Å². The van der Waals surface area contributed by atoms with Crippen molar-refractivity contribution in [1.82, 2.24) is 25.5 Å². The highest BCUT2D eigenvalue weighted by Crippen LogP contribution is 2.34. The number of rotatable bonds is 20. The summed E-state index contributed by atoms with van der Waals surface area (Å²) in [6.07, 6.45) is 4.27. The summed E-state index contributed by atoms with van der Waals surface area (Å²) in [6, 6.07) is 14.4. The molecule has 0 atom stereocenters. The molecule has 3 aromatic heterocycles. The third-order valence-corrected chi connectivity index (χ3v) is 10.8. The predicted molar refractivity (Wildman–Crippen MR) is 212 cm³/mol. The molecular formula is C39H47FN8O4S2. The first-order valence-electron chi connectivity index (χ1n) is 18.0. The van der Waals surface area contributed by atoms with Crippen molar-refractivity contribution in [3.05, 3.63) is 76.0 Å². The summed E-state index contributed by atoms with van der Waals surface area (Å²) in [4.78, 5) is 23.9. The second-order valence-corrected chi connectivity index (χ2v) is 15.6. The van der Waals surface area contributed by atoms with E-state index in [0.717, 1.165) is 59.0 Å². The number of anilines is 4. The van der Waals surface area contributed by atoms with Crippen LogP contribution in [0.2, 0.25) is 0 Å². The van der Waals surface area contributed by atoms with E-state index in [0.29, 0.717) is 58.3 Å². The summed E-state index contributed by atoms with van der Waals surface area (Å²) >= 11 is 2.80. The maximum Gasteiger partial charge on any atom is 0.191 e. The van der Waals surface area contributed by atoms with Gasteiger partial charge >= 0.3 is 0 Å². The van der Waals surface area contributed by atoms with Gasteiger partial charge in [0.15, 0.2) is 33.5 Å². The van der Waals surface area contributed by atoms with Crippen molar-refractivity contribution in [3.63, 3.8) is 0 Å². The number of carbonyl (C=O) groups is 1. The first-order chi connectivity index (χ1) is 26.1. The summed E-state index contributed by atoms with van der Waals surface area (Å²) in [7, 11) is 6.13. The molecule has 54 heavy (non-hydrogen) atoms. The molecule has 0 saturated carbocycles. The van der Waals surface area contributed by atoms with Crippen molar-refractivity contribution in [2.75, 3.05) is 70.8 Å². The number of halogens is 1. The molecule has 0 spiro atoms. The molecule has 0 saturated heterocycles. The van der Waals surface area contributed by atoms with Gasteiger partial charge in [-0.1, -0.05) is 35.3 Å². The van der Waals surface area contributed by atoms with Crippen LogP contribution in [0.15, 0.2) is 48.5 Å².